The van der Waals surface area contributed by atoms with Crippen LogP contribution in [0.3, 0.4) is 0 Å². The van der Waals surface area contributed by atoms with Crippen LogP contribution >= 0.6 is 0 Å². The average molecular weight is 415 g/mol. The Kier molecular flexibility index (Phi) is 6.00. The summed E-state index contributed by atoms with van der Waals surface area (Å²) < 4.78 is 7.46. The van der Waals surface area contributed by atoms with Gasteiger partial charge in [-0.15, -0.1) is 0 Å². The Bertz CT molecular complexity index is 1160. The molecule has 0 aliphatic heterocycles. The largest absolute Gasteiger partial charge is 0.460 e. The SMILES string of the molecule is Cc1ccc(-c2nn(-c3ccccc3)cc2C(=O)Nc2ccc(CCN(C)C)cc2)o1. The van der Waals surface area contributed by atoms with E-state index in [0.29, 0.717) is 17.0 Å². The highest BCUT2D eigenvalue weighted by molar-refractivity contribution is 6.07. The van der Waals surface area contributed by atoms with Crippen molar-refractivity contribution < 1.29 is 9.21 Å². The number of hydrogen-bond acceptors (Lipinski definition) is 4. The van der Waals surface area contributed by atoms with Crippen LogP contribution in [0.4, 0.5) is 5.69 Å². The zero-order valence-electron chi connectivity index (χ0n) is 18.0. The summed E-state index contributed by atoms with van der Waals surface area (Å²) in [5.74, 6) is 1.10. The Morgan fingerprint density at radius 3 is 2.42 bits per heavy atom. The van der Waals surface area contributed by atoms with Crippen LogP contribution in [0, 0.1) is 6.92 Å². The number of rotatable bonds is 7. The van der Waals surface area contributed by atoms with Crippen molar-refractivity contribution in [1.29, 1.82) is 0 Å². The fourth-order valence-corrected chi connectivity index (χ4v) is 3.30. The van der Waals surface area contributed by atoms with Crippen molar-refractivity contribution in [3.8, 4) is 17.1 Å². The first-order chi connectivity index (χ1) is 15.0. The van der Waals surface area contributed by atoms with E-state index in [4.69, 9.17) is 4.42 Å². The van der Waals surface area contributed by atoms with Crippen molar-refractivity contribution in [2.45, 2.75) is 13.3 Å². The maximum absolute atomic E-state index is 13.1. The third kappa shape index (κ3) is 4.92. The minimum atomic E-state index is -0.229. The molecule has 1 amide bonds. The van der Waals surface area contributed by atoms with Crippen LogP contribution in [0.1, 0.15) is 21.7 Å². The molecule has 2 aromatic heterocycles. The molecular formula is C25H26N4O2. The van der Waals surface area contributed by atoms with Gasteiger partial charge in [0.1, 0.15) is 11.5 Å². The number of amides is 1. The molecule has 6 heteroatoms. The van der Waals surface area contributed by atoms with Gasteiger partial charge in [-0.3, -0.25) is 4.79 Å². The molecule has 0 unspecified atom stereocenters. The number of nitrogens with zero attached hydrogens (tertiary/aromatic N) is 3. The lowest BCUT2D eigenvalue weighted by Gasteiger charge is -2.10. The standard InChI is InChI=1S/C25H26N4O2/c1-18-9-14-23(31-18)24-22(17-29(27-24)21-7-5-4-6-8-21)25(30)26-20-12-10-19(11-13-20)15-16-28(2)3/h4-14,17H,15-16H2,1-3H3,(H,26,30). The van der Waals surface area contributed by atoms with Gasteiger partial charge < -0.3 is 14.6 Å². The van der Waals surface area contributed by atoms with E-state index in [1.807, 2.05) is 73.7 Å². The fourth-order valence-electron chi connectivity index (χ4n) is 3.30. The summed E-state index contributed by atoms with van der Waals surface area (Å²) in [7, 11) is 4.12. The highest BCUT2D eigenvalue weighted by Crippen LogP contribution is 2.26. The molecule has 0 bridgehead atoms. The van der Waals surface area contributed by atoms with Crippen LogP contribution < -0.4 is 5.32 Å². The quantitative estimate of drug-likeness (QED) is 0.472. The summed E-state index contributed by atoms with van der Waals surface area (Å²) in [4.78, 5) is 15.3. The van der Waals surface area contributed by atoms with Crippen molar-refractivity contribution in [2.24, 2.45) is 0 Å². The van der Waals surface area contributed by atoms with Gasteiger partial charge in [-0.1, -0.05) is 30.3 Å². The summed E-state index contributed by atoms with van der Waals surface area (Å²) in [6.45, 7) is 2.85. The van der Waals surface area contributed by atoms with Crippen LogP contribution in [-0.2, 0) is 6.42 Å². The first-order valence-corrected chi connectivity index (χ1v) is 10.3. The minimum absolute atomic E-state index is 0.229. The Hall–Kier alpha value is -3.64. The molecule has 4 aromatic rings. The topological polar surface area (TPSA) is 63.3 Å². The second-order valence-corrected chi connectivity index (χ2v) is 7.79. The maximum atomic E-state index is 13.1. The van der Waals surface area contributed by atoms with E-state index in [9.17, 15) is 4.79 Å². The zero-order chi connectivity index (χ0) is 21.8. The van der Waals surface area contributed by atoms with Crippen molar-refractivity contribution in [2.75, 3.05) is 26.0 Å². The maximum Gasteiger partial charge on any atom is 0.259 e. The number of aromatic nitrogens is 2. The smallest absolute Gasteiger partial charge is 0.259 e. The fraction of sp³-hybridized carbons (Fsp3) is 0.200. The molecule has 1 N–H and O–H groups in total. The molecule has 31 heavy (non-hydrogen) atoms. The number of carbonyl (C=O) groups is 1. The van der Waals surface area contributed by atoms with Gasteiger partial charge in [0.05, 0.1) is 11.3 Å². The van der Waals surface area contributed by atoms with Crippen LogP contribution in [-0.4, -0.2) is 41.2 Å². The van der Waals surface area contributed by atoms with Gasteiger partial charge >= 0.3 is 0 Å². The van der Waals surface area contributed by atoms with Gasteiger partial charge in [0.15, 0.2) is 5.76 Å². The van der Waals surface area contributed by atoms with E-state index in [-0.39, 0.29) is 5.91 Å². The molecular weight excluding hydrogens is 388 g/mol. The number of para-hydroxylation sites is 1. The normalized spacial score (nSPS) is 11.1. The van der Waals surface area contributed by atoms with Crippen molar-refractivity contribution in [3.63, 3.8) is 0 Å². The zero-order valence-corrected chi connectivity index (χ0v) is 18.0. The van der Waals surface area contributed by atoms with E-state index < -0.39 is 0 Å². The lowest BCUT2D eigenvalue weighted by Crippen LogP contribution is -2.15. The van der Waals surface area contributed by atoms with Crippen LogP contribution in [0.5, 0.6) is 0 Å². The number of furan rings is 1. The van der Waals surface area contributed by atoms with Gasteiger partial charge in [0.2, 0.25) is 0 Å². The van der Waals surface area contributed by atoms with Gasteiger partial charge in [-0.2, -0.15) is 5.10 Å². The van der Waals surface area contributed by atoms with Gasteiger partial charge in [0, 0.05) is 18.4 Å². The molecule has 2 heterocycles. The Labute approximate surface area is 182 Å². The molecule has 0 radical (unpaired) electrons. The summed E-state index contributed by atoms with van der Waals surface area (Å²) in [6, 6.07) is 21.4. The molecule has 158 valence electrons. The summed E-state index contributed by atoms with van der Waals surface area (Å²) >= 11 is 0. The molecule has 2 aromatic carbocycles. The van der Waals surface area contributed by atoms with Crippen molar-refractivity contribution >= 4 is 11.6 Å². The van der Waals surface area contributed by atoms with E-state index >= 15 is 0 Å². The van der Waals surface area contributed by atoms with Crippen molar-refractivity contribution in [1.82, 2.24) is 14.7 Å². The third-order valence-electron chi connectivity index (χ3n) is 5.01. The molecule has 0 aliphatic rings. The van der Waals surface area contributed by atoms with E-state index in [1.165, 1.54) is 5.56 Å². The van der Waals surface area contributed by atoms with Gasteiger partial charge in [0.25, 0.3) is 5.91 Å². The molecule has 4 rings (SSSR count). The highest BCUT2D eigenvalue weighted by atomic mass is 16.3. The second kappa shape index (κ2) is 9.02. The summed E-state index contributed by atoms with van der Waals surface area (Å²) in [6.07, 6.45) is 2.70. The second-order valence-electron chi connectivity index (χ2n) is 7.79. The molecule has 0 fully saturated rings. The first kappa shape index (κ1) is 20.6. The molecule has 0 saturated heterocycles. The number of anilines is 1. The van der Waals surface area contributed by atoms with Crippen LogP contribution in [0.2, 0.25) is 0 Å². The van der Waals surface area contributed by atoms with E-state index in [1.54, 1.807) is 10.9 Å². The molecule has 0 atom stereocenters. The lowest BCUT2D eigenvalue weighted by molar-refractivity contribution is 0.102. The number of hydrogen-bond donors (Lipinski definition) is 1. The van der Waals surface area contributed by atoms with Gasteiger partial charge in [-0.05, 0) is 69.4 Å². The average Bonchev–Trinajstić information content (AvgIpc) is 3.40. The number of carbonyl (C=O) groups excluding carboxylic acids is 1. The Morgan fingerprint density at radius 1 is 1.03 bits per heavy atom. The van der Waals surface area contributed by atoms with Crippen molar-refractivity contribution in [3.05, 3.63) is 89.8 Å². The monoisotopic (exact) mass is 414 g/mol. The Morgan fingerprint density at radius 2 is 1.77 bits per heavy atom. The number of likely N-dealkylation sites (N-methyl/N-ethyl adjacent to an activating group) is 1. The van der Waals surface area contributed by atoms with Crippen LogP contribution in [0.25, 0.3) is 17.1 Å². The van der Waals surface area contributed by atoms with E-state index in [0.717, 1.165) is 30.1 Å². The Balaban J connectivity index is 1.60. The minimum Gasteiger partial charge on any atom is -0.460 e. The lowest BCUT2D eigenvalue weighted by atomic mass is 10.1. The van der Waals surface area contributed by atoms with Gasteiger partial charge in [-0.25, -0.2) is 4.68 Å². The van der Waals surface area contributed by atoms with Crippen LogP contribution in [0.15, 0.2) is 77.3 Å². The first-order valence-electron chi connectivity index (χ1n) is 10.3. The molecule has 6 nitrogen and oxygen atoms in total. The molecule has 0 saturated carbocycles. The highest BCUT2D eigenvalue weighted by Gasteiger charge is 2.21. The van der Waals surface area contributed by atoms with E-state index in [2.05, 4.69) is 29.4 Å². The number of nitrogens with one attached hydrogen (secondary N) is 1. The summed E-state index contributed by atoms with van der Waals surface area (Å²) in [5.41, 5.74) is 3.81. The predicted molar refractivity (Wildman–Crippen MR) is 123 cm³/mol. The number of aryl methyl sites for hydroxylation is 1. The number of benzene rings is 2. The summed E-state index contributed by atoms with van der Waals surface area (Å²) in [5, 5.41) is 7.63. The molecule has 0 aliphatic carbocycles. The predicted octanol–water partition coefficient (Wildman–Crippen LogP) is 4.80. The third-order valence-corrected chi connectivity index (χ3v) is 5.01. The molecule has 0 spiro atoms.